The number of rotatable bonds is 9. The minimum atomic E-state index is -1.90. The van der Waals surface area contributed by atoms with Gasteiger partial charge in [0.15, 0.2) is 5.76 Å². The van der Waals surface area contributed by atoms with Gasteiger partial charge in [-0.3, -0.25) is 0 Å². The molecular weight excluding hydrogens is 364 g/mol. The number of benzene rings is 1. The third-order valence-corrected chi connectivity index (χ3v) is 4.68. The fraction of sp³-hybridized carbons (Fsp3) is 0.474. The molecule has 0 atom stereocenters. The summed E-state index contributed by atoms with van der Waals surface area (Å²) in [6.45, 7) is 12.7. The average Bonchev–Trinajstić information content (AvgIpc) is 2.52. The average molecular weight is 397 g/mol. The van der Waals surface area contributed by atoms with E-state index in [1.165, 1.54) is 0 Å². The van der Waals surface area contributed by atoms with Gasteiger partial charge in [-0.1, -0.05) is 12.1 Å². The zero-order valence-corrected chi connectivity index (χ0v) is 19.4. The first-order valence-electron chi connectivity index (χ1n) is 8.55. The summed E-state index contributed by atoms with van der Waals surface area (Å²) in [6, 6.07) is 7.71. The maximum absolute atomic E-state index is 6.29. The third-order valence-electron chi connectivity index (χ3n) is 3.05. The van der Waals surface area contributed by atoms with Gasteiger partial charge in [0.1, 0.15) is 17.6 Å². The highest BCUT2D eigenvalue weighted by Gasteiger charge is 2.28. The van der Waals surface area contributed by atoms with Gasteiger partial charge in [0.05, 0.1) is 21.3 Å². The Labute approximate surface area is 159 Å². The van der Waals surface area contributed by atoms with Gasteiger partial charge in [0.2, 0.25) is 16.6 Å². The molecule has 0 unspecified atom stereocenters. The van der Waals surface area contributed by atoms with E-state index in [-0.39, 0.29) is 0 Å². The molecule has 0 amide bonds. The molecule has 1 aromatic carbocycles. The van der Waals surface area contributed by atoms with Crippen molar-refractivity contribution >= 4 is 22.2 Å². The van der Waals surface area contributed by atoms with Crippen molar-refractivity contribution in [3.63, 3.8) is 0 Å². The highest BCUT2D eigenvalue weighted by molar-refractivity contribution is 6.70. The molecule has 0 radical (unpaired) electrons. The lowest BCUT2D eigenvalue weighted by molar-refractivity contribution is 0.148. The Morgan fingerprint density at radius 1 is 0.808 bits per heavy atom. The quantitative estimate of drug-likeness (QED) is 0.326. The molecule has 0 spiro atoms. The van der Waals surface area contributed by atoms with Crippen molar-refractivity contribution in [2.45, 2.75) is 39.3 Å². The van der Waals surface area contributed by atoms with Crippen molar-refractivity contribution in [3.05, 3.63) is 47.8 Å². The van der Waals surface area contributed by atoms with E-state index in [0.29, 0.717) is 11.7 Å². The number of ether oxygens (including phenoxy) is 3. The van der Waals surface area contributed by atoms with E-state index >= 15 is 0 Å². The van der Waals surface area contributed by atoms with E-state index in [4.69, 9.17) is 23.1 Å². The molecule has 0 fully saturated rings. The Bertz CT molecular complexity index is 637. The zero-order valence-electron chi connectivity index (χ0n) is 17.4. The first-order chi connectivity index (χ1) is 12.0. The lowest BCUT2D eigenvalue weighted by atomic mass is 10.1. The van der Waals surface area contributed by atoms with Gasteiger partial charge in [-0.05, 0) is 57.0 Å². The molecule has 0 aliphatic carbocycles. The van der Waals surface area contributed by atoms with Crippen LogP contribution < -0.4 is 4.74 Å². The number of methoxy groups -OCH3 is 3. The Kier molecular flexibility index (Phi) is 7.83. The first-order valence-corrected chi connectivity index (χ1v) is 15.4. The lowest BCUT2D eigenvalue weighted by Gasteiger charge is -2.27. The Morgan fingerprint density at radius 3 is 1.73 bits per heavy atom. The second kappa shape index (κ2) is 9.18. The maximum Gasteiger partial charge on any atom is 0.277 e. The van der Waals surface area contributed by atoms with E-state index in [2.05, 4.69) is 39.3 Å². The molecule has 0 aliphatic rings. The largest absolute Gasteiger partial charge is 0.542 e. The molecule has 0 saturated carbocycles. The van der Waals surface area contributed by atoms with Crippen molar-refractivity contribution < 1.29 is 23.1 Å². The SMILES string of the molecule is CO/C=C(O[Si](C)(C)C)\C(=C(/OC)O[Si](C)(C)C)c1ccc(OC)cc1. The topological polar surface area (TPSA) is 46.2 Å². The number of allylic oxidation sites excluding steroid dienone is 1. The van der Waals surface area contributed by atoms with Gasteiger partial charge in [-0.25, -0.2) is 0 Å². The standard InChI is InChI=1S/C19H32O5Si2/c1-20-14-17(23-25(4,5)6)18(19(22-3)24-26(7,8)9)15-10-12-16(21-2)13-11-15/h10-14H,1-9H3/b17-14+,19-18+. The molecule has 0 heterocycles. The maximum atomic E-state index is 6.29. The summed E-state index contributed by atoms with van der Waals surface area (Å²) in [5.41, 5.74) is 1.64. The summed E-state index contributed by atoms with van der Waals surface area (Å²) in [6.07, 6.45) is 1.60. The van der Waals surface area contributed by atoms with Crippen LogP contribution in [0, 0.1) is 0 Å². The summed E-state index contributed by atoms with van der Waals surface area (Å²) >= 11 is 0. The minimum Gasteiger partial charge on any atom is -0.542 e. The van der Waals surface area contributed by atoms with E-state index in [1.54, 1.807) is 27.6 Å². The van der Waals surface area contributed by atoms with Crippen molar-refractivity contribution in [3.8, 4) is 5.75 Å². The molecule has 146 valence electrons. The fourth-order valence-electron chi connectivity index (χ4n) is 2.16. The van der Waals surface area contributed by atoms with Gasteiger partial charge in [0.25, 0.3) is 5.95 Å². The van der Waals surface area contributed by atoms with Gasteiger partial charge < -0.3 is 23.1 Å². The summed E-state index contributed by atoms with van der Waals surface area (Å²) in [7, 11) is 1.06. The third kappa shape index (κ3) is 7.17. The van der Waals surface area contributed by atoms with Gasteiger partial charge in [0, 0.05) is 0 Å². The van der Waals surface area contributed by atoms with Crippen LogP contribution in [0.1, 0.15) is 5.56 Å². The molecule has 1 aromatic rings. The smallest absolute Gasteiger partial charge is 0.277 e. The molecular formula is C19H32O5Si2. The molecule has 0 bridgehead atoms. The zero-order chi connectivity index (χ0) is 20.0. The van der Waals surface area contributed by atoms with Crippen molar-refractivity contribution in [2.75, 3.05) is 21.3 Å². The van der Waals surface area contributed by atoms with E-state index in [1.807, 2.05) is 24.3 Å². The van der Waals surface area contributed by atoms with Crippen LogP contribution in [-0.4, -0.2) is 38.0 Å². The predicted octanol–water partition coefficient (Wildman–Crippen LogP) is 5.20. The molecule has 7 heteroatoms. The van der Waals surface area contributed by atoms with Crippen molar-refractivity contribution in [2.24, 2.45) is 0 Å². The van der Waals surface area contributed by atoms with Gasteiger partial charge in [-0.2, -0.15) is 0 Å². The number of hydrogen-bond acceptors (Lipinski definition) is 5. The van der Waals surface area contributed by atoms with Crippen molar-refractivity contribution in [1.82, 2.24) is 0 Å². The van der Waals surface area contributed by atoms with Crippen LogP contribution in [0.5, 0.6) is 5.75 Å². The predicted molar refractivity (Wildman–Crippen MR) is 111 cm³/mol. The van der Waals surface area contributed by atoms with Crippen LogP contribution in [0.3, 0.4) is 0 Å². The van der Waals surface area contributed by atoms with Crippen LogP contribution in [0.2, 0.25) is 39.3 Å². The first kappa shape index (κ1) is 22.2. The normalized spacial score (nSPS) is 13.7. The molecule has 0 aliphatic heterocycles. The van der Waals surface area contributed by atoms with Gasteiger partial charge >= 0.3 is 0 Å². The second-order valence-corrected chi connectivity index (χ2v) is 16.6. The minimum absolute atomic E-state index is 0.441. The highest BCUT2D eigenvalue weighted by atomic mass is 28.4. The lowest BCUT2D eigenvalue weighted by Crippen LogP contribution is -2.28. The summed E-state index contributed by atoms with van der Waals surface area (Å²) in [5, 5.41) is 0. The van der Waals surface area contributed by atoms with Crippen LogP contribution in [0.15, 0.2) is 42.2 Å². The molecule has 0 N–H and O–H groups in total. The fourth-order valence-corrected chi connectivity index (χ4v) is 3.71. The van der Waals surface area contributed by atoms with Gasteiger partial charge in [-0.15, -0.1) is 0 Å². The molecule has 0 aromatic heterocycles. The Morgan fingerprint density at radius 2 is 1.35 bits per heavy atom. The van der Waals surface area contributed by atoms with Crippen LogP contribution in [0.25, 0.3) is 5.57 Å². The summed E-state index contributed by atoms with van der Waals surface area (Å²) in [5.74, 6) is 1.82. The Balaban J connectivity index is 3.59. The second-order valence-electron chi connectivity index (χ2n) is 7.74. The molecule has 0 saturated heterocycles. The van der Waals surface area contributed by atoms with E-state index in [0.717, 1.165) is 16.9 Å². The molecule has 1 rings (SSSR count). The van der Waals surface area contributed by atoms with Crippen LogP contribution in [0.4, 0.5) is 0 Å². The summed E-state index contributed by atoms with van der Waals surface area (Å²) in [4.78, 5) is 0. The van der Waals surface area contributed by atoms with Crippen LogP contribution >= 0.6 is 0 Å². The summed E-state index contributed by atoms with van der Waals surface area (Å²) < 4.78 is 28.7. The van der Waals surface area contributed by atoms with Crippen LogP contribution in [-0.2, 0) is 18.3 Å². The Hall–Kier alpha value is -1.87. The van der Waals surface area contributed by atoms with Crippen molar-refractivity contribution in [1.29, 1.82) is 0 Å². The van der Waals surface area contributed by atoms with E-state index < -0.39 is 16.6 Å². The number of hydrogen-bond donors (Lipinski definition) is 0. The molecule has 26 heavy (non-hydrogen) atoms. The van der Waals surface area contributed by atoms with E-state index in [9.17, 15) is 0 Å². The molecule has 5 nitrogen and oxygen atoms in total. The highest BCUT2D eigenvalue weighted by Crippen LogP contribution is 2.33. The monoisotopic (exact) mass is 396 g/mol.